The van der Waals surface area contributed by atoms with Crippen LogP contribution >= 0.6 is 0 Å². The van der Waals surface area contributed by atoms with Gasteiger partial charge in [-0.25, -0.2) is 0 Å². The number of H-pyrrole nitrogens is 1. The number of hydrogen-bond donors (Lipinski definition) is 4. The van der Waals surface area contributed by atoms with Crippen molar-refractivity contribution in [3.05, 3.63) is 101 Å². The minimum atomic E-state index is -0.648. The number of rotatable bonds is 6. The Morgan fingerprint density at radius 3 is 2.43 bits per heavy atom. The number of aromatic amines is 1. The number of benzene rings is 3. The van der Waals surface area contributed by atoms with E-state index in [1.54, 1.807) is 18.3 Å². The molecule has 5 rings (SSSR count). The number of ketones is 1. The molecular formula is C28H25NO6. The van der Waals surface area contributed by atoms with Crippen LogP contribution in [0, 0.1) is 0 Å². The molecule has 178 valence electrons. The number of fused-ring (bicyclic) bond motifs is 1. The van der Waals surface area contributed by atoms with Crippen molar-refractivity contribution < 1.29 is 29.6 Å². The van der Waals surface area contributed by atoms with E-state index in [9.17, 15) is 20.1 Å². The van der Waals surface area contributed by atoms with E-state index in [2.05, 4.69) is 4.98 Å². The van der Waals surface area contributed by atoms with Gasteiger partial charge in [0, 0.05) is 23.9 Å². The summed E-state index contributed by atoms with van der Waals surface area (Å²) in [7, 11) is 1.33. The molecule has 4 N–H and O–H groups in total. The van der Waals surface area contributed by atoms with E-state index in [0.717, 1.165) is 11.1 Å². The first kappa shape index (κ1) is 22.4. The van der Waals surface area contributed by atoms with Crippen molar-refractivity contribution in [1.82, 2.24) is 4.98 Å². The Bertz CT molecular complexity index is 1350. The van der Waals surface area contributed by atoms with Crippen molar-refractivity contribution in [2.45, 2.75) is 24.9 Å². The van der Waals surface area contributed by atoms with Crippen molar-refractivity contribution >= 4 is 5.78 Å². The van der Waals surface area contributed by atoms with Crippen LogP contribution in [0.15, 0.2) is 73.1 Å². The molecule has 0 spiro atoms. The summed E-state index contributed by atoms with van der Waals surface area (Å²) in [6.45, 7) is 0. The number of aromatic nitrogens is 1. The van der Waals surface area contributed by atoms with Crippen LogP contribution in [0.3, 0.4) is 0 Å². The molecule has 1 aromatic heterocycles. The topological polar surface area (TPSA) is 112 Å². The Balaban J connectivity index is 1.71. The van der Waals surface area contributed by atoms with Gasteiger partial charge in [-0.1, -0.05) is 42.5 Å². The van der Waals surface area contributed by atoms with Crippen LogP contribution in [-0.2, 0) is 6.42 Å². The number of carbonyl (C=O) groups excluding carboxylic acids is 1. The number of phenols is 3. The fourth-order valence-electron chi connectivity index (χ4n) is 4.71. The Labute approximate surface area is 202 Å². The van der Waals surface area contributed by atoms with Gasteiger partial charge in [-0.15, -0.1) is 0 Å². The van der Waals surface area contributed by atoms with Gasteiger partial charge in [0.25, 0.3) is 0 Å². The summed E-state index contributed by atoms with van der Waals surface area (Å²) in [5, 5.41) is 31.9. The molecule has 1 aliphatic heterocycles. The Morgan fingerprint density at radius 2 is 1.77 bits per heavy atom. The summed E-state index contributed by atoms with van der Waals surface area (Å²) in [5.74, 6) is -1.36. The highest BCUT2D eigenvalue weighted by Crippen LogP contribution is 2.55. The van der Waals surface area contributed by atoms with E-state index >= 15 is 0 Å². The van der Waals surface area contributed by atoms with Crippen LogP contribution in [0.5, 0.6) is 28.7 Å². The summed E-state index contributed by atoms with van der Waals surface area (Å²) in [5.41, 5.74) is 2.97. The first-order chi connectivity index (χ1) is 17.0. The van der Waals surface area contributed by atoms with E-state index in [1.807, 2.05) is 42.6 Å². The molecule has 0 bridgehead atoms. The number of Topliss-reactive ketones (excluding diaryl/α,β-unsaturated/α-hetero) is 1. The van der Waals surface area contributed by atoms with E-state index in [1.165, 1.54) is 19.2 Å². The molecule has 0 amide bonds. The van der Waals surface area contributed by atoms with Crippen LogP contribution in [0.2, 0.25) is 0 Å². The lowest BCUT2D eigenvalue weighted by Crippen LogP contribution is -2.23. The number of methoxy groups -OCH3 is 1. The lowest BCUT2D eigenvalue weighted by Gasteiger charge is -2.31. The van der Waals surface area contributed by atoms with Crippen LogP contribution in [0.25, 0.3) is 0 Å². The van der Waals surface area contributed by atoms with E-state index in [-0.39, 0.29) is 40.8 Å². The van der Waals surface area contributed by atoms with Crippen molar-refractivity contribution in [1.29, 1.82) is 0 Å². The molecule has 0 saturated carbocycles. The third kappa shape index (κ3) is 4.05. The maximum atomic E-state index is 13.3. The first-order valence-corrected chi connectivity index (χ1v) is 11.3. The zero-order chi connectivity index (χ0) is 24.5. The van der Waals surface area contributed by atoms with E-state index < -0.39 is 17.8 Å². The maximum absolute atomic E-state index is 13.3. The normalized spacial score (nSPS) is 15.8. The Morgan fingerprint density at radius 1 is 1.03 bits per heavy atom. The molecule has 2 heterocycles. The Kier molecular flexibility index (Phi) is 5.82. The van der Waals surface area contributed by atoms with Crippen molar-refractivity contribution in [3.63, 3.8) is 0 Å². The van der Waals surface area contributed by atoms with Gasteiger partial charge in [-0.2, -0.15) is 0 Å². The molecule has 2 atom stereocenters. The van der Waals surface area contributed by atoms with Gasteiger partial charge < -0.3 is 29.8 Å². The molecule has 7 nitrogen and oxygen atoms in total. The second kappa shape index (κ2) is 9.10. The molecule has 7 heteroatoms. The zero-order valence-corrected chi connectivity index (χ0v) is 19.1. The molecule has 0 saturated heterocycles. The molecule has 35 heavy (non-hydrogen) atoms. The van der Waals surface area contributed by atoms with Gasteiger partial charge in [0.05, 0.1) is 13.5 Å². The summed E-state index contributed by atoms with van der Waals surface area (Å²) in [4.78, 5) is 16.4. The van der Waals surface area contributed by atoms with Crippen LogP contribution < -0.4 is 9.47 Å². The number of carbonyl (C=O) groups is 1. The number of aromatic hydroxyl groups is 3. The first-order valence-electron chi connectivity index (χ1n) is 11.3. The third-order valence-electron chi connectivity index (χ3n) is 6.43. The van der Waals surface area contributed by atoms with Crippen molar-refractivity contribution in [2.24, 2.45) is 0 Å². The van der Waals surface area contributed by atoms with Crippen molar-refractivity contribution in [3.8, 4) is 28.7 Å². The fraction of sp³-hybridized carbons (Fsp3) is 0.179. The minimum absolute atomic E-state index is 0.00160. The Hall–Kier alpha value is -4.39. The SMILES string of the molecule is COc1c(O)c2c(c([C@H](Cc3ccccc3)c3cc[nH]c3)c1O)OC(c1ccc(O)cc1)CC2=O. The number of ether oxygens (including phenoxy) is 2. The van der Waals surface area contributed by atoms with Gasteiger partial charge in [0.1, 0.15) is 23.2 Å². The van der Waals surface area contributed by atoms with Crippen LogP contribution in [0.1, 0.15) is 51.1 Å². The summed E-state index contributed by atoms with van der Waals surface area (Å²) in [6.07, 6.45) is 3.48. The highest BCUT2D eigenvalue weighted by molar-refractivity contribution is 6.04. The van der Waals surface area contributed by atoms with E-state index in [0.29, 0.717) is 17.5 Å². The number of phenolic OH excluding ortho intramolecular Hbond substituents is 3. The summed E-state index contributed by atoms with van der Waals surface area (Å²) >= 11 is 0. The molecule has 4 aromatic rings. The van der Waals surface area contributed by atoms with Gasteiger partial charge in [-0.3, -0.25) is 4.79 Å². The molecule has 0 aliphatic carbocycles. The fourth-order valence-corrected chi connectivity index (χ4v) is 4.71. The lowest BCUT2D eigenvalue weighted by atomic mass is 9.82. The highest BCUT2D eigenvalue weighted by atomic mass is 16.5. The molecule has 0 fully saturated rings. The predicted octanol–water partition coefficient (Wildman–Crippen LogP) is 5.22. The molecule has 1 aliphatic rings. The largest absolute Gasteiger partial charge is 0.508 e. The van der Waals surface area contributed by atoms with Gasteiger partial charge in [-0.05, 0) is 41.3 Å². The monoisotopic (exact) mass is 471 g/mol. The lowest BCUT2D eigenvalue weighted by molar-refractivity contribution is 0.0840. The van der Waals surface area contributed by atoms with Crippen LogP contribution in [0.4, 0.5) is 0 Å². The van der Waals surface area contributed by atoms with Gasteiger partial charge in [0.15, 0.2) is 17.3 Å². The molecule has 1 unspecified atom stereocenters. The predicted molar refractivity (Wildman–Crippen MR) is 130 cm³/mol. The average Bonchev–Trinajstić information content (AvgIpc) is 3.39. The highest BCUT2D eigenvalue weighted by Gasteiger charge is 2.39. The number of hydrogen-bond acceptors (Lipinski definition) is 6. The zero-order valence-electron chi connectivity index (χ0n) is 19.1. The molecule has 0 radical (unpaired) electrons. The smallest absolute Gasteiger partial charge is 0.204 e. The summed E-state index contributed by atoms with van der Waals surface area (Å²) in [6, 6.07) is 18.1. The minimum Gasteiger partial charge on any atom is -0.508 e. The second-order valence-electron chi connectivity index (χ2n) is 8.56. The van der Waals surface area contributed by atoms with Gasteiger partial charge in [0.2, 0.25) is 5.75 Å². The van der Waals surface area contributed by atoms with Gasteiger partial charge >= 0.3 is 0 Å². The average molecular weight is 472 g/mol. The molecule has 3 aromatic carbocycles. The molecular weight excluding hydrogens is 446 g/mol. The maximum Gasteiger partial charge on any atom is 0.204 e. The number of nitrogens with one attached hydrogen (secondary N) is 1. The van der Waals surface area contributed by atoms with Crippen molar-refractivity contribution in [2.75, 3.05) is 7.11 Å². The second-order valence-corrected chi connectivity index (χ2v) is 8.56. The van der Waals surface area contributed by atoms with E-state index in [4.69, 9.17) is 9.47 Å². The standard InChI is InChI=1S/C28H25NO6/c1-34-28-25(32)23(20(18-11-12-29-15-18)13-16-5-3-2-4-6-16)27-24(26(28)33)21(31)14-22(35-27)17-7-9-19(30)10-8-17/h2-12,15,20,22,29-30,32-33H,13-14H2,1H3/t20-,22?/m1/s1. The summed E-state index contributed by atoms with van der Waals surface area (Å²) < 4.78 is 11.7. The quantitative estimate of drug-likeness (QED) is 0.307. The third-order valence-corrected chi connectivity index (χ3v) is 6.43. The van der Waals surface area contributed by atoms with Crippen LogP contribution in [-0.4, -0.2) is 33.2 Å².